The monoisotopic (exact) mass is 557 g/mol. The average Bonchev–Trinajstić information content (AvgIpc) is 2.87. The number of rotatable bonds is 18. The first kappa shape index (κ1) is 34.5. The van der Waals surface area contributed by atoms with Crippen LogP contribution in [0.25, 0.3) is 0 Å². The fraction of sp³-hybridized carbons (Fsp3) is 0.741. The van der Waals surface area contributed by atoms with Crippen molar-refractivity contribution in [3.05, 3.63) is 23.7 Å². The minimum Gasteiger partial charge on any atom is -0.490 e. The molecule has 0 saturated carbocycles. The molecule has 0 aromatic heterocycles. The summed E-state index contributed by atoms with van der Waals surface area (Å²) in [5.74, 6) is -0.0900. The van der Waals surface area contributed by atoms with Crippen molar-refractivity contribution in [2.24, 2.45) is 10.9 Å². The van der Waals surface area contributed by atoms with E-state index >= 15 is 0 Å². The molecule has 0 unspecified atom stereocenters. The van der Waals surface area contributed by atoms with E-state index in [4.69, 9.17) is 23.7 Å². The van der Waals surface area contributed by atoms with Crippen LogP contribution in [0.3, 0.4) is 0 Å². The molecule has 0 spiro atoms. The molecule has 1 fully saturated rings. The van der Waals surface area contributed by atoms with Gasteiger partial charge in [0, 0.05) is 18.4 Å². The van der Waals surface area contributed by atoms with Crippen molar-refractivity contribution in [3.63, 3.8) is 0 Å². The van der Waals surface area contributed by atoms with Crippen molar-refractivity contribution in [3.8, 4) is 0 Å². The Balaban J connectivity index is 2.32. The van der Waals surface area contributed by atoms with Gasteiger partial charge in [0.15, 0.2) is 0 Å². The quantitative estimate of drug-likeness (QED) is 0.0846. The van der Waals surface area contributed by atoms with Crippen LogP contribution in [0.5, 0.6) is 0 Å². The van der Waals surface area contributed by atoms with E-state index in [1.54, 1.807) is 40.1 Å². The number of carbonyl (C=O) groups is 2. The number of nitrogens with zero attached hydrogens (tertiary/aromatic N) is 1. The molecule has 1 aliphatic heterocycles. The van der Waals surface area contributed by atoms with Gasteiger partial charge in [0.2, 0.25) is 0 Å². The highest BCUT2D eigenvalue weighted by Gasteiger charge is 2.39. The molecule has 1 heterocycles. The summed E-state index contributed by atoms with van der Waals surface area (Å²) in [7, 11) is 0. The molecular formula is C27H47N3O9. The Morgan fingerprint density at radius 2 is 1.85 bits per heavy atom. The SMILES string of the molecule is CCC/C=C(/C=N/C=C(\C)N[C@H]1CO[C@H](CO)[C@H](O)[C@@H]1C=O)OCCOCCOCCNC(=O)OC(C)(C)C. The fourth-order valence-corrected chi connectivity index (χ4v) is 3.46. The van der Waals surface area contributed by atoms with Gasteiger partial charge in [-0.05, 0) is 40.2 Å². The molecule has 1 saturated heterocycles. The van der Waals surface area contributed by atoms with Gasteiger partial charge in [-0.15, -0.1) is 0 Å². The van der Waals surface area contributed by atoms with Gasteiger partial charge in [-0.3, -0.25) is 4.99 Å². The topological polar surface area (TPSA) is 157 Å². The standard InChI is InChI=1S/C27H47N3O9/c1-6-7-8-21(37-14-13-36-12-11-35-10-9-29-26(34)39-27(3,4)5)16-28-15-20(2)30-23-19-38-24(18-32)25(33)22(23)17-31/h8,15-17,22-25,30,32-33H,6-7,9-14,18-19H2,1-5H3,(H,29,34)/b20-15+,21-8-,28-16+/t22-,23+,24-,25-/m1/s1. The second kappa shape index (κ2) is 19.5. The molecule has 1 aliphatic rings. The Morgan fingerprint density at radius 1 is 1.15 bits per heavy atom. The zero-order chi connectivity index (χ0) is 29.1. The highest BCUT2D eigenvalue weighted by molar-refractivity contribution is 5.76. The van der Waals surface area contributed by atoms with Gasteiger partial charge in [-0.1, -0.05) is 13.3 Å². The van der Waals surface area contributed by atoms with Gasteiger partial charge in [0.1, 0.15) is 30.4 Å². The van der Waals surface area contributed by atoms with E-state index in [1.807, 2.05) is 6.08 Å². The summed E-state index contributed by atoms with van der Waals surface area (Å²) < 4.78 is 27.3. The Labute approximate surface area is 231 Å². The molecule has 12 nitrogen and oxygen atoms in total. The van der Waals surface area contributed by atoms with Gasteiger partial charge in [0.05, 0.1) is 63.9 Å². The van der Waals surface area contributed by atoms with Gasteiger partial charge in [-0.25, -0.2) is 4.79 Å². The van der Waals surface area contributed by atoms with Crippen LogP contribution in [-0.2, 0) is 28.5 Å². The largest absolute Gasteiger partial charge is 0.490 e. The number of aldehydes is 1. The van der Waals surface area contributed by atoms with Gasteiger partial charge >= 0.3 is 6.09 Å². The Kier molecular flexibility index (Phi) is 17.3. The van der Waals surface area contributed by atoms with Crippen LogP contribution in [0.2, 0.25) is 0 Å². The predicted molar refractivity (Wildman–Crippen MR) is 146 cm³/mol. The second-order valence-electron chi connectivity index (χ2n) is 10.00. The van der Waals surface area contributed by atoms with E-state index in [2.05, 4.69) is 22.5 Å². The molecule has 12 heteroatoms. The molecule has 1 rings (SSSR count). The third-order valence-electron chi connectivity index (χ3n) is 5.37. The van der Waals surface area contributed by atoms with Crippen molar-refractivity contribution >= 4 is 18.6 Å². The summed E-state index contributed by atoms with van der Waals surface area (Å²) in [6, 6.07) is -0.430. The van der Waals surface area contributed by atoms with Crippen molar-refractivity contribution in [1.29, 1.82) is 0 Å². The van der Waals surface area contributed by atoms with Crippen LogP contribution in [-0.4, -0.2) is 105 Å². The number of carbonyl (C=O) groups excluding carboxylic acids is 2. The highest BCUT2D eigenvalue weighted by Crippen LogP contribution is 2.20. The van der Waals surface area contributed by atoms with Crippen LogP contribution < -0.4 is 10.6 Å². The van der Waals surface area contributed by atoms with Crippen LogP contribution in [0.1, 0.15) is 47.5 Å². The van der Waals surface area contributed by atoms with E-state index < -0.39 is 35.9 Å². The summed E-state index contributed by atoms with van der Waals surface area (Å²) in [4.78, 5) is 27.3. The number of allylic oxidation sites excluding steroid dienone is 3. The van der Waals surface area contributed by atoms with Crippen LogP contribution >= 0.6 is 0 Å². The summed E-state index contributed by atoms with van der Waals surface area (Å²) in [5.41, 5.74) is 0.148. The lowest BCUT2D eigenvalue weighted by atomic mass is 9.89. The molecule has 4 atom stereocenters. The normalized spacial score (nSPS) is 22.5. The molecule has 224 valence electrons. The third-order valence-corrected chi connectivity index (χ3v) is 5.37. The van der Waals surface area contributed by atoms with Gasteiger partial charge < -0.3 is 49.3 Å². The van der Waals surface area contributed by atoms with Crippen molar-refractivity contribution in [1.82, 2.24) is 10.6 Å². The van der Waals surface area contributed by atoms with E-state index in [1.165, 1.54) is 0 Å². The molecule has 0 aliphatic carbocycles. The first-order chi connectivity index (χ1) is 18.6. The number of aliphatic hydroxyl groups is 2. The number of nitrogens with one attached hydrogen (secondary N) is 2. The third kappa shape index (κ3) is 15.6. The summed E-state index contributed by atoms with van der Waals surface area (Å²) in [5, 5.41) is 25.2. The lowest BCUT2D eigenvalue weighted by Crippen LogP contribution is -2.55. The van der Waals surface area contributed by atoms with Crippen molar-refractivity contribution in [2.45, 2.75) is 71.3 Å². The molecule has 0 radical (unpaired) electrons. The minimum absolute atomic E-state index is 0.180. The number of hydrogen-bond acceptors (Lipinski definition) is 11. The Hall–Kier alpha value is -2.51. The van der Waals surface area contributed by atoms with Crippen LogP contribution in [0.4, 0.5) is 4.79 Å². The number of alkyl carbamates (subject to hydrolysis) is 1. The Morgan fingerprint density at radius 3 is 2.49 bits per heavy atom. The maximum absolute atomic E-state index is 11.5. The molecule has 4 N–H and O–H groups in total. The maximum atomic E-state index is 11.5. The number of amides is 1. The zero-order valence-corrected chi connectivity index (χ0v) is 23.9. The van der Waals surface area contributed by atoms with E-state index in [0.29, 0.717) is 57.3 Å². The van der Waals surface area contributed by atoms with Crippen LogP contribution in [0.15, 0.2) is 28.7 Å². The van der Waals surface area contributed by atoms with Gasteiger partial charge in [-0.2, -0.15) is 0 Å². The van der Waals surface area contributed by atoms with E-state index in [-0.39, 0.29) is 13.2 Å². The molecule has 1 amide bonds. The number of unbranched alkanes of at least 4 members (excludes halogenated alkanes) is 1. The number of aliphatic imine (C=N–C) groups is 1. The fourth-order valence-electron chi connectivity index (χ4n) is 3.46. The summed E-state index contributed by atoms with van der Waals surface area (Å²) in [6.45, 7) is 11.3. The van der Waals surface area contributed by atoms with Crippen molar-refractivity contribution in [2.75, 3.05) is 52.8 Å². The van der Waals surface area contributed by atoms with Crippen LogP contribution in [0, 0.1) is 5.92 Å². The lowest BCUT2D eigenvalue weighted by Gasteiger charge is -2.37. The summed E-state index contributed by atoms with van der Waals surface area (Å²) >= 11 is 0. The molecule has 0 aromatic carbocycles. The second-order valence-corrected chi connectivity index (χ2v) is 10.00. The van der Waals surface area contributed by atoms with Crippen molar-refractivity contribution < 1.29 is 43.5 Å². The Bertz CT molecular complexity index is 796. The lowest BCUT2D eigenvalue weighted by molar-refractivity contribution is -0.146. The van der Waals surface area contributed by atoms with E-state index in [0.717, 1.165) is 12.8 Å². The zero-order valence-electron chi connectivity index (χ0n) is 23.9. The molecule has 39 heavy (non-hydrogen) atoms. The van der Waals surface area contributed by atoms with E-state index in [9.17, 15) is 19.8 Å². The average molecular weight is 558 g/mol. The minimum atomic E-state index is -1.08. The number of hydrogen-bond donors (Lipinski definition) is 4. The number of aliphatic hydroxyl groups excluding tert-OH is 2. The first-order valence-corrected chi connectivity index (χ1v) is 13.4. The molecule has 0 aromatic rings. The van der Waals surface area contributed by atoms with Gasteiger partial charge in [0.25, 0.3) is 0 Å². The first-order valence-electron chi connectivity index (χ1n) is 13.4. The number of ether oxygens (including phenoxy) is 5. The maximum Gasteiger partial charge on any atom is 0.407 e. The highest BCUT2D eigenvalue weighted by atomic mass is 16.6. The molecular weight excluding hydrogens is 510 g/mol. The summed E-state index contributed by atoms with van der Waals surface area (Å²) in [6.07, 6.45) is 5.30. The smallest absolute Gasteiger partial charge is 0.407 e. The molecule has 0 bridgehead atoms. The predicted octanol–water partition coefficient (Wildman–Crippen LogP) is 1.70.